The Labute approximate surface area is 102 Å². The van der Waals surface area contributed by atoms with Crippen LogP contribution in [0.5, 0.6) is 0 Å². The highest BCUT2D eigenvalue weighted by atomic mass is 79.9. The lowest BCUT2D eigenvalue weighted by Crippen LogP contribution is -1.98. The van der Waals surface area contributed by atoms with Crippen LogP contribution in [0.25, 0.3) is 0 Å². The lowest BCUT2D eigenvalue weighted by Gasteiger charge is -2.13. The van der Waals surface area contributed by atoms with E-state index in [0.29, 0.717) is 5.92 Å². The van der Waals surface area contributed by atoms with Crippen LogP contribution in [0.4, 0.5) is 0 Å². The second kappa shape index (κ2) is 5.69. The molecule has 0 amide bonds. The van der Waals surface area contributed by atoms with Crippen molar-refractivity contribution in [3.8, 4) is 0 Å². The average molecular weight is 269 g/mol. The van der Waals surface area contributed by atoms with Crippen LogP contribution in [-0.2, 0) is 0 Å². The summed E-state index contributed by atoms with van der Waals surface area (Å²) in [6, 6.07) is 0. The fourth-order valence-electron chi connectivity index (χ4n) is 2.35. The van der Waals surface area contributed by atoms with Crippen LogP contribution in [0.1, 0.15) is 47.0 Å². The predicted molar refractivity (Wildman–Crippen MR) is 72.2 cm³/mol. The summed E-state index contributed by atoms with van der Waals surface area (Å²) in [4.78, 5) is 0. The lowest BCUT2D eigenvalue weighted by molar-refractivity contribution is 0.754. The van der Waals surface area contributed by atoms with Crippen molar-refractivity contribution in [3.05, 3.63) is 33.4 Å². The zero-order valence-corrected chi connectivity index (χ0v) is 11.8. The maximum Gasteiger partial charge on any atom is 0.0117 e. The Kier molecular flexibility index (Phi) is 4.85. The van der Waals surface area contributed by atoms with Crippen molar-refractivity contribution in [1.29, 1.82) is 0 Å². The molecule has 0 nitrogen and oxygen atoms in total. The van der Waals surface area contributed by atoms with Gasteiger partial charge in [0.1, 0.15) is 0 Å². The van der Waals surface area contributed by atoms with Gasteiger partial charge >= 0.3 is 0 Å². The first-order chi connectivity index (χ1) is 7.06. The van der Waals surface area contributed by atoms with E-state index >= 15 is 0 Å². The first kappa shape index (κ1) is 12.8. The molecule has 0 spiro atoms. The Morgan fingerprint density at radius 2 is 2.00 bits per heavy atom. The predicted octanol–water partition coefficient (Wildman–Crippen LogP) is 5.37. The third-order valence-electron chi connectivity index (χ3n) is 2.98. The SMILES string of the molecule is C/C=C(\Br)C1CCC/C1=C(\C)C=C(C)C. The molecule has 0 aromatic heterocycles. The molecule has 0 aromatic carbocycles. The normalized spacial score (nSPS) is 25.4. The summed E-state index contributed by atoms with van der Waals surface area (Å²) in [5.41, 5.74) is 4.49. The molecule has 1 unspecified atom stereocenters. The highest BCUT2D eigenvalue weighted by Crippen LogP contribution is 2.40. The van der Waals surface area contributed by atoms with Gasteiger partial charge in [0.25, 0.3) is 0 Å². The molecule has 1 atom stereocenters. The summed E-state index contributed by atoms with van der Waals surface area (Å²) in [7, 11) is 0. The Balaban J connectivity index is 2.98. The standard InChI is InChI=1S/C14H21Br/c1-5-14(15)13-8-6-7-12(13)11(4)9-10(2)3/h5,9,13H,6-8H2,1-4H3/b12-11-,14-5-. The number of hydrogen-bond acceptors (Lipinski definition) is 0. The van der Waals surface area contributed by atoms with Crippen LogP contribution in [-0.4, -0.2) is 0 Å². The van der Waals surface area contributed by atoms with E-state index in [1.807, 2.05) is 0 Å². The first-order valence-electron chi connectivity index (χ1n) is 5.72. The van der Waals surface area contributed by atoms with E-state index in [1.165, 1.54) is 34.9 Å². The van der Waals surface area contributed by atoms with E-state index in [9.17, 15) is 0 Å². The van der Waals surface area contributed by atoms with Gasteiger partial charge in [-0.3, -0.25) is 0 Å². The Morgan fingerprint density at radius 1 is 1.33 bits per heavy atom. The largest absolute Gasteiger partial charge is 0.0769 e. The van der Waals surface area contributed by atoms with Crippen LogP contribution in [0.15, 0.2) is 33.4 Å². The van der Waals surface area contributed by atoms with Gasteiger partial charge in [0.15, 0.2) is 0 Å². The average Bonchev–Trinajstić information content (AvgIpc) is 2.63. The van der Waals surface area contributed by atoms with Crippen LogP contribution >= 0.6 is 15.9 Å². The summed E-state index contributed by atoms with van der Waals surface area (Å²) < 4.78 is 1.36. The molecule has 0 bridgehead atoms. The molecule has 0 radical (unpaired) electrons. The maximum absolute atomic E-state index is 3.68. The number of halogens is 1. The Bertz CT molecular complexity index is 314. The van der Waals surface area contributed by atoms with Crippen molar-refractivity contribution in [2.24, 2.45) is 5.92 Å². The molecule has 1 aliphatic carbocycles. The van der Waals surface area contributed by atoms with Crippen molar-refractivity contribution in [1.82, 2.24) is 0 Å². The third-order valence-corrected chi connectivity index (χ3v) is 3.99. The van der Waals surface area contributed by atoms with Crippen LogP contribution < -0.4 is 0 Å². The van der Waals surface area contributed by atoms with Crippen LogP contribution in [0.3, 0.4) is 0 Å². The molecular formula is C14H21Br. The molecule has 15 heavy (non-hydrogen) atoms. The van der Waals surface area contributed by atoms with Gasteiger partial charge in [-0.15, -0.1) is 0 Å². The summed E-state index contributed by atoms with van der Waals surface area (Å²) in [6.45, 7) is 8.68. The van der Waals surface area contributed by atoms with E-state index < -0.39 is 0 Å². The highest BCUT2D eigenvalue weighted by Gasteiger charge is 2.23. The number of hydrogen-bond donors (Lipinski definition) is 0. The minimum atomic E-state index is 0.644. The minimum Gasteiger partial charge on any atom is -0.0769 e. The van der Waals surface area contributed by atoms with E-state index in [4.69, 9.17) is 0 Å². The molecule has 0 heterocycles. The quantitative estimate of drug-likeness (QED) is 0.632. The van der Waals surface area contributed by atoms with Gasteiger partial charge in [0, 0.05) is 5.92 Å². The molecule has 84 valence electrons. The molecule has 0 saturated heterocycles. The molecule has 1 heteroatoms. The van der Waals surface area contributed by atoms with Crippen molar-refractivity contribution < 1.29 is 0 Å². The summed E-state index contributed by atoms with van der Waals surface area (Å²) in [5.74, 6) is 0.644. The lowest BCUT2D eigenvalue weighted by atomic mass is 9.96. The van der Waals surface area contributed by atoms with Gasteiger partial charge < -0.3 is 0 Å². The molecule has 0 aromatic rings. The minimum absolute atomic E-state index is 0.644. The van der Waals surface area contributed by atoms with E-state index in [2.05, 4.69) is 55.8 Å². The Morgan fingerprint density at radius 3 is 2.53 bits per heavy atom. The van der Waals surface area contributed by atoms with Crippen LogP contribution in [0, 0.1) is 5.92 Å². The second-order valence-electron chi connectivity index (χ2n) is 4.55. The first-order valence-corrected chi connectivity index (χ1v) is 6.51. The van der Waals surface area contributed by atoms with Gasteiger partial charge in [0.2, 0.25) is 0 Å². The van der Waals surface area contributed by atoms with E-state index in [-0.39, 0.29) is 0 Å². The van der Waals surface area contributed by atoms with Gasteiger partial charge in [0.05, 0.1) is 0 Å². The molecule has 1 aliphatic rings. The molecule has 1 fully saturated rings. The number of allylic oxidation sites excluding steroid dienone is 6. The molecule has 1 rings (SSSR count). The van der Waals surface area contributed by atoms with Crippen molar-refractivity contribution in [2.75, 3.05) is 0 Å². The van der Waals surface area contributed by atoms with Gasteiger partial charge in [-0.2, -0.15) is 0 Å². The molecule has 0 aliphatic heterocycles. The summed E-state index contributed by atoms with van der Waals surface area (Å²) >= 11 is 3.68. The topological polar surface area (TPSA) is 0 Å². The van der Waals surface area contributed by atoms with Gasteiger partial charge in [-0.25, -0.2) is 0 Å². The van der Waals surface area contributed by atoms with Gasteiger partial charge in [-0.05, 0) is 51.4 Å². The molecule has 0 N–H and O–H groups in total. The summed E-state index contributed by atoms with van der Waals surface area (Å²) in [6.07, 6.45) is 8.39. The maximum atomic E-state index is 3.68. The Hall–Kier alpha value is -0.300. The third kappa shape index (κ3) is 3.34. The fourth-order valence-corrected chi connectivity index (χ4v) is 2.85. The van der Waals surface area contributed by atoms with Crippen molar-refractivity contribution in [2.45, 2.75) is 47.0 Å². The smallest absolute Gasteiger partial charge is 0.0117 e. The zero-order chi connectivity index (χ0) is 11.4. The van der Waals surface area contributed by atoms with E-state index in [1.54, 1.807) is 5.57 Å². The van der Waals surface area contributed by atoms with Crippen molar-refractivity contribution in [3.63, 3.8) is 0 Å². The van der Waals surface area contributed by atoms with Crippen LogP contribution in [0.2, 0.25) is 0 Å². The molecular weight excluding hydrogens is 248 g/mol. The zero-order valence-electron chi connectivity index (χ0n) is 10.2. The van der Waals surface area contributed by atoms with Crippen molar-refractivity contribution >= 4 is 15.9 Å². The monoisotopic (exact) mass is 268 g/mol. The molecule has 1 saturated carbocycles. The fraction of sp³-hybridized carbons (Fsp3) is 0.571. The number of rotatable bonds is 2. The van der Waals surface area contributed by atoms with Gasteiger partial charge in [-0.1, -0.05) is 44.8 Å². The highest BCUT2D eigenvalue weighted by molar-refractivity contribution is 9.11. The van der Waals surface area contributed by atoms with E-state index in [0.717, 1.165) is 0 Å². The summed E-state index contributed by atoms with van der Waals surface area (Å²) in [5, 5.41) is 0. The second-order valence-corrected chi connectivity index (χ2v) is 5.46.